The van der Waals surface area contributed by atoms with Crippen LogP contribution in [-0.2, 0) is 4.74 Å². The van der Waals surface area contributed by atoms with Gasteiger partial charge in [0.05, 0.1) is 18.2 Å². The third kappa shape index (κ3) is 2.66. The minimum absolute atomic E-state index is 0.181. The summed E-state index contributed by atoms with van der Waals surface area (Å²) in [6, 6.07) is 0. The van der Waals surface area contributed by atoms with Crippen LogP contribution in [0.15, 0.2) is 4.99 Å². The van der Waals surface area contributed by atoms with Gasteiger partial charge in [0.2, 0.25) is 0 Å². The van der Waals surface area contributed by atoms with Gasteiger partial charge >= 0.3 is 0 Å². The first kappa shape index (κ1) is 14.1. The van der Waals surface area contributed by atoms with Crippen molar-refractivity contribution in [2.75, 3.05) is 39.3 Å². The summed E-state index contributed by atoms with van der Waals surface area (Å²) in [5.74, 6) is 0.740. The van der Waals surface area contributed by atoms with Crippen molar-refractivity contribution in [3.05, 3.63) is 0 Å². The Morgan fingerprint density at radius 3 is 2.85 bits per heavy atom. The summed E-state index contributed by atoms with van der Waals surface area (Å²) in [6.07, 6.45) is 6.32. The lowest BCUT2D eigenvalue weighted by Crippen LogP contribution is -2.58. The minimum atomic E-state index is 0.181. The molecule has 3 rings (SSSR count). The van der Waals surface area contributed by atoms with Crippen molar-refractivity contribution in [1.82, 2.24) is 9.80 Å². The fourth-order valence-electron chi connectivity index (χ4n) is 3.86. The quantitative estimate of drug-likeness (QED) is 0.836. The molecule has 5 nitrogen and oxygen atoms in total. The van der Waals surface area contributed by atoms with Gasteiger partial charge in [-0.2, -0.15) is 0 Å². The van der Waals surface area contributed by atoms with E-state index in [-0.39, 0.29) is 5.54 Å². The summed E-state index contributed by atoms with van der Waals surface area (Å²) in [7, 11) is 0. The summed E-state index contributed by atoms with van der Waals surface area (Å²) in [4.78, 5) is 9.49. The van der Waals surface area contributed by atoms with Crippen LogP contribution >= 0.6 is 0 Å². The Balaban J connectivity index is 1.63. The van der Waals surface area contributed by atoms with Crippen LogP contribution in [0.1, 0.15) is 39.0 Å². The van der Waals surface area contributed by atoms with Gasteiger partial charge in [-0.1, -0.05) is 6.92 Å². The summed E-state index contributed by atoms with van der Waals surface area (Å²) < 4.78 is 5.79. The second-order valence-corrected chi connectivity index (χ2v) is 6.49. The number of hydrogen-bond donors (Lipinski definition) is 1. The number of nitrogens with two attached hydrogens (primary N) is 1. The van der Waals surface area contributed by atoms with Crippen LogP contribution in [0.2, 0.25) is 0 Å². The molecule has 0 aromatic rings. The Morgan fingerprint density at radius 2 is 2.20 bits per heavy atom. The smallest absolute Gasteiger partial charge is 0.191 e. The van der Waals surface area contributed by atoms with E-state index in [1.807, 2.05) is 0 Å². The van der Waals surface area contributed by atoms with Crippen LogP contribution in [0.3, 0.4) is 0 Å². The minimum Gasteiger partial charge on any atom is -0.376 e. The average molecular weight is 280 g/mol. The molecule has 2 N–H and O–H groups in total. The van der Waals surface area contributed by atoms with Gasteiger partial charge in [0, 0.05) is 26.2 Å². The molecule has 5 heteroatoms. The predicted molar refractivity (Wildman–Crippen MR) is 80.9 cm³/mol. The number of guanidine groups is 1. The highest BCUT2D eigenvalue weighted by Crippen LogP contribution is 2.34. The monoisotopic (exact) mass is 280 g/mol. The van der Waals surface area contributed by atoms with E-state index in [1.54, 1.807) is 0 Å². The molecule has 1 atom stereocenters. The number of aliphatic imine (C=N–C) groups is 1. The van der Waals surface area contributed by atoms with Crippen LogP contribution in [0.5, 0.6) is 0 Å². The number of likely N-dealkylation sites (tertiary alicyclic amines) is 1. The fraction of sp³-hybridized carbons (Fsp3) is 0.933. The van der Waals surface area contributed by atoms with Gasteiger partial charge in [0.25, 0.3) is 0 Å². The molecule has 114 valence electrons. The maximum atomic E-state index is 6.16. The molecule has 1 spiro atoms. The lowest BCUT2D eigenvalue weighted by molar-refractivity contribution is 0.0370. The average Bonchev–Trinajstić information content (AvgIpc) is 3.06. The number of rotatable bonds is 4. The summed E-state index contributed by atoms with van der Waals surface area (Å²) in [6.45, 7) is 8.56. The van der Waals surface area contributed by atoms with Crippen molar-refractivity contribution < 1.29 is 4.74 Å². The third-order valence-electron chi connectivity index (χ3n) is 5.12. The molecule has 3 aliphatic heterocycles. The predicted octanol–water partition coefficient (Wildman–Crippen LogP) is 1.04. The zero-order valence-electron chi connectivity index (χ0n) is 12.7. The van der Waals surface area contributed by atoms with Crippen molar-refractivity contribution >= 4 is 5.96 Å². The van der Waals surface area contributed by atoms with Crippen molar-refractivity contribution in [2.45, 2.75) is 50.7 Å². The standard InChI is InChI=1S/C15H28N4O/c1-2-7-18-8-5-15(6-9-18)12-17-14(16)19(15)11-13-4-3-10-20-13/h13H,2-12H2,1H3,(H2,16,17). The van der Waals surface area contributed by atoms with Crippen molar-refractivity contribution in [1.29, 1.82) is 0 Å². The molecule has 20 heavy (non-hydrogen) atoms. The third-order valence-corrected chi connectivity index (χ3v) is 5.12. The maximum Gasteiger partial charge on any atom is 0.191 e. The fourth-order valence-corrected chi connectivity index (χ4v) is 3.86. The Labute approximate surface area is 122 Å². The Hall–Kier alpha value is -0.810. The van der Waals surface area contributed by atoms with Crippen LogP contribution in [-0.4, -0.2) is 66.7 Å². The normalized spacial score (nSPS) is 30.1. The molecule has 0 aliphatic carbocycles. The highest BCUT2D eigenvalue weighted by atomic mass is 16.5. The number of ether oxygens (including phenoxy) is 1. The molecule has 0 radical (unpaired) electrons. The zero-order valence-corrected chi connectivity index (χ0v) is 12.7. The SMILES string of the molecule is CCCN1CCC2(CC1)CN=C(N)N2CC1CCCO1. The lowest BCUT2D eigenvalue weighted by atomic mass is 9.86. The van der Waals surface area contributed by atoms with Gasteiger partial charge in [0.1, 0.15) is 0 Å². The Kier molecular flexibility index (Phi) is 4.17. The van der Waals surface area contributed by atoms with Crippen molar-refractivity contribution in [3.63, 3.8) is 0 Å². The second-order valence-electron chi connectivity index (χ2n) is 6.49. The van der Waals surface area contributed by atoms with Crippen molar-refractivity contribution in [3.8, 4) is 0 Å². The first-order chi connectivity index (χ1) is 9.73. The summed E-state index contributed by atoms with van der Waals surface area (Å²) in [5.41, 5.74) is 6.34. The molecule has 2 saturated heterocycles. The molecule has 3 heterocycles. The maximum absolute atomic E-state index is 6.16. The Bertz CT molecular complexity index is 357. The highest BCUT2D eigenvalue weighted by molar-refractivity contribution is 5.81. The first-order valence-corrected chi connectivity index (χ1v) is 8.15. The van der Waals surface area contributed by atoms with Gasteiger partial charge in [-0.3, -0.25) is 4.99 Å². The van der Waals surface area contributed by atoms with E-state index >= 15 is 0 Å². The molecular formula is C15H28N4O. The molecule has 3 aliphatic rings. The molecule has 0 amide bonds. The number of piperidine rings is 1. The van der Waals surface area contributed by atoms with E-state index in [9.17, 15) is 0 Å². The molecular weight excluding hydrogens is 252 g/mol. The summed E-state index contributed by atoms with van der Waals surface area (Å²) in [5, 5.41) is 0. The van der Waals surface area contributed by atoms with Gasteiger partial charge in [-0.25, -0.2) is 0 Å². The van der Waals surface area contributed by atoms with E-state index in [2.05, 4.69) is 21.7 Å². The van der Waals surface area contributed by atoms with Crippen LogP contribution in [0, 0.1) is 0 Å². The molecule has 0 aromatic heterocycles. The molecule has 1 unspecified atom stereocenters. The van der Waals surface area contributed by atoms with Crippen LogP contribution in [0.25, 0.3) is 0 Å². The first-order valence-electron chi connectivity index (χ1n) is 8.15. The molecule has 2 fully saturated rings. The van der Waals surface area contributed by atoms with E-state index in [0.717, 1.165) is 25.7 Å². The zero-order chi connectivity index (χ0) is 14.0. The van der Waals surface area contributed by atoms with Crippen molar-refractivity contribution in [2.24, 2.45) is 10.7 Å². The van der Waals surface area contributed by atoms with Crippen LogP contribution in [0.4, 0.5) is 0 Å². The van der Waals surface area contributed by atoms with Gasteiger partial charge < -0.3 is 20.3 Å². The van der Waals surface area contributed by atoms with Gasteiger partial charge in [-0.15, -0.1) is 0 Å². The highest BCUT2D eigenvalue weighted by Gasteiger charge is 2.45. The topological polar surface area (TPSA) is 54.1 Å². The number of hydrogen-bond acceptors (Lipinski definition) is 5. The van der Waals surface area contributed by atoms with E-state index in [1.165, 1.54) is 51.7 Å². The van der Waals surface area contributed by atoms with Gasteiger partial charge in [0.15, 0.2) is 5.96 Å². The van der Waals surface area contributed by atoms with E-state index in [0.29, 0.717) is 6.10 Å². The van der Waals surface area contributed by atoms with E-state index in [4.69, 9.17) is 10.5 Å². The molecule has 0 aromatic carbocycles. The Morgan fingerprint density at radius 1 is 1.40 bits per heavy atom. The molecule has 0 saturated carbocycles. The largest absolute Gasteiger partial charge is 0.376 e. The van der Waals surface area contributed by atoms with E-state index < -0.39 is 0 Å². The lowest BCUT2D eigenvalue weighted by Gasteiger charge is -2.46. The molecule has 0 bridgehead atoms. The van der Waals surface area contributed by atoms with Crippen LogP contribution < -0.4 is 5.73 Å². The summed E-state index contributed by atoms with van der Waals surface area (Å²) >= 11 is 0. The number of nitrogens with zero attached hydrogens (tertiary/aromatic N) is 3. The van der Waals surface area contributed by atoms with Gasteiger partial charge in [-0.05, 0) is 38.6 Å². The second kappa shape index (κ2) is 5.90.